The van der Waals surface area contributed by atoms with Gasteiger partial charge in [0.2, 0.25) is 0 Å². The van der Waals surface area contributed by atoms with Crippen LogP contribution in [-0.2, 0) is 0 Å². The van der Waals surface area contributed by atoms with Crippen molar-refractivity contribution in [3.63, 3.8) is 0 Å². The van der Waals surface area contributed by atoms with Crippen LogP contribution in [0.1, 0.15) is 45.4 Å². The van der Waals surface area contributed by atoms with Gasteiger partial charge in [-0.1, -0.05) is 50.1 Å². The zero-order chi connectivity index (χ0) is 15.2. The maximum absolute atomic E-state index is 6.39. The summed E-state index contributed by atoms with van der Waals surface area (Å²) in [5, 5.41) is 2.53. The lowest BCUT2D eigenvalue weighted by atomic mass is 10.1. The van der Waals surface area contributed by atoms with E-state index in [9.17, 15) is 0 Å². The van der Waals surface area contributed by atoms with E-state index in [0.717, 1.165) is 12.2 Å². The van der Waals surface area contributed by atoms with Crippen LogP contribution >= 0.6 is 0 Å². The van der Waals surface area contributed by atoms with Crippen LogP contribution in [0.2, 0.25) is 0 Å². The zero-order valence-electron chi connectivity index (χ0n) is 13.6. The third kappa shape index (κ3) is 3.80. The number of fused-ring (bicyclic) bond motifs is 1. The SMILES string of the molecule is CCCCC(Oc1ccc2ccccc2c1)N1CCCCC1. The van der Waals surface area contributed by atoms with Crippen molar-refractivity contribution in [2.75, 3.05) is 13.1 Å². The van der Waals surface area contributed by atoms with Crippen LogP contribution in [0.25, 0.3) is 10.8 Å². The minimum atomic E-state index is 0.237. The van der Waals surface area contributed by atoms with Crippen molar-refractivity contribution in [2.45, 2.75) is 51.7 Å². The molecule has 0 radical (unpaired) electrons. The Labute approximate surface area is 134 Å². The molecule has 0 aromatic heterocycles. The van der Waals surface area contributed by atoms with Crippen LogP contribution in [0.3, 0.4) is 0 Å². The summed E-state index contributed by atoms with van der Waals surface area (Å²) in [5.74, 6) is 1.00. The van der Waals surface area contributed by atoms with E-state index < -0.39 is 0 Å². The molecule has 0 N–H and O–H groups in total. The number of likely N-dealkylation sites (tertiary alicyclic amines) is 1. The van der Waals surface area contributed by atoms with Gasteiger partial charge in [0.05, 0.1) is 0 Å². The third-order valence-electron chi connectivity index (χ3n) is 4.60. The van der Waals surface area contributed by atoms with Crippen molar-refractivity contribution in [3.8, 4) is 5.75 Å². The van der Waals surface area contributed by atoms with Gasteiger partial charge in [-0.3, -0.25) is 4.90 Å². The predicted molar refractivity (Wildman–Crippen MR) is 93.3 cm³/mol. The summed E-state index contributed by atoms with van der Waals surface area (Å²) in [4.78, 5) is 2.54. The minimum absolute atomic E-state index is 0.237. The average molecular weight is 297 g/mol. The van der Waals surface area contributed by atoms with Gasteiger partial charge in [-0.2, -0.15) is 0 Å². The number of nitrogens with zero attached hydrogens (tertiary/aromatic N) is 1. The van der Waals surface area contributed by atoms with Crippen LogP contribution in [0.5, 0.6) is 5.75 Å². The van der Waals surface area contributed by atoms with Crippen molar-refractivity contribution < 1.29 is 4.74 Å². The molecule has 1 heterocycles. The smallest absolute Gasteiger partial charge is 0.152 e. The molecule has 0 aliphatic carbocycles. The molecular formula is C20H27NO. The number of benzene rings is 2. The highest BCUT2D eigenvalue weighted by Gasteiger charge is 2.21. The van der Waals surface area contributed by atoms with Crippen LogP contribution in [0, 0.1) is 0 Å². The van der Waals surface area contributed by atoms with Crippen LogP contribution in [0.4, 0.5) is 0 Å². The standard InChI is InChI=1S/C20H27NO/c1-2-3-11-20(21-14-7-4-8-15-21)22-19-13-12-17-9-5-6-10-18(17)16-19/h5-6,9-10,12-13,16,20H,2-4,7-8,11,14-15H2,1H3. The number of hydrogen-bond acceptors (Lipinski definition) is 2. The van der Waals surface area contributed by atoms with Gasteiger partial charge >= 0.3 is 0 Å². The Hall–Kier alpha value is -1.54. The first kappa shape index (κ1) is 15.4. The average Bonchev–Trinajstić information content (AvgIpc) is 2.59. The van der Waals surface area contributed by atoms with E-state index in [-0.39, 0.29) is 6.23 Å². The van der Waals surface area contributed by atoms with Crippen molar-refractivity contribution in [3.05, 3.63) is 42.5 Å². The van der Waals surface area contributed by atoms with Gasteiger partial charge in [-0.05, 0) is 48.6 Å². The summed E-state index contributed by atoms with van der Waals surface area (Å²) in [6, 6.07) is 14.9. The molecule has 118 valence electrons. The fraction of sp³-hybridized carbons (Fsp3) is 0.500. The Morgan fingerprint density at radius 1 is 1.00 bits per heavy atom. The molecule has 3 rings (SSSR count). The fourth-order valence-electron chi connectivity index (χ4n) is 3.30. The second-order valence-electron chi connectivity index (χ2n) is 6.32. The molecule has 0 amide bonds. The Kier molecular flexibility index (Phi) is 5.33. The molecular weight excluding hydrogens is 270 g/mol. The van der Waals surface area contributed by atoms with Crippen LogP contribution in [-0.4, -0.2) is 24.2 Å². The lowest BCUT2D eigenvalue weighted by Crippen LogP contribution is -2.42. The molecule has 0 spiro atoms. The lowest BCUT2D eigenvalue weighted by molar-refractivity contribution is 0.00513. The van der Waals surface area contributed by atoms with Gasteiger partial charge in [0.1, 0.15) is 5.75 Å². The van der Waals surface area contributed by atoms with E-state index in [4.69, 9.17) is 4.74 Å². The van der Waals surface area contributed by atoms with Gasteiger partial charge in [0, 0.05) is 13.1 Å². The van der Waals surface area contributed by atoms with Crippen LogP contribution in [0.15, 0.2) is 42.5 Å². The largest absolute Gasteiger partial charge is 0.475 e. The molecule has 1 saturated heterocycles. The molecule has 0 bridgehead atoms. The molecule has 1 unspecified atom stereocenters. The Morgan fingerprint density at radius 2 is 1.77 bits per heavy atom. The zero-order valence-corrected chi connectivity index (χ0v) is 13.6. The number of piperidine rings is 1. The highest BCUT2D eigenvalue weighted by Crippen LogP contribution is 2.24. The Bertz CT molecular complexity index is 589. The maximum atomic E-state index is 6.39. The quantitative estimate of drug-likeness (QED) is 0.724. The van der Waals surface area contributed by atoms with E-state index in [0.29, 0.717) is 0 Å². The minimum Gasteiger partial charge on any atom is -0.475 e. The van der Waals surface area contributed by atoms with Crippen LogP contribution < -0.4 is 4.74 Å². The third-order valence-corrected chi connectivity index (χ3v) is 4.60. The number of ether oxygens (including phenoxy) is 1. The first-order valence-corrected chi connectivity index (χ1v) is 8.76. The summed E-state index contributed by atoms with van der Waals surface area (Å²) < 4.78 is 6.39. The lowest BCUT2D eigenvalue weighted by Gasteiger charge is -2.34. The first-order valence-electron chi connectivity index (χ1n) is 8.76. The topological polar surface area (TPSA) is 12.5 Å². The first-order chi connectivity index (χ1) is 10.9. The molecule has 1 fully saturated rings. The van der Waals surface area contributed by atoms with Crippen molar-refractivity contribution in [1.29, 1.82) is 0 Å². The fourth-order valence-corrected chi connectivity index (χ4v) is 3.30. The summed E-state index contributed by atoms with van der Waals surface area (Å²) >= 11 is 0. The number of unbranched alkanes of at least 4 members (excludes halogenated alkanes) is 1. The summed E-state index contributed by atoms with van der Waals surface area (Å²) in [7, 11) is 0. The molecule has 0 saturated carbocycles. The second kappa shape index (κ2) is 7.64. The molecule has 2 nitrogen and oxygen atoms in total. The van der Waals surface area contributed by atoms with Crippen molar-refractivity contribution >= 4 is 10.8 Å². The molecule has 1 atom stereocenters. The summed E-state index contributed by atoms with van der Waals surface area (Å²) in [6.07, 6.45) is 7.81. The number of rotatable bonds is 6. The van der Waals surface area contributed by atoms with Gasteiger partial charge in [-0.25, -0.2) is 0 Å². The van der Waals surface area contributed by atoms with Gasteiger partial charge in [-0.15, -0.1) is 0 Å². The van der Waals surface area contributed by atoms with Crippen molar-refractivity contribution in [1.82, 2.24) is 4.90 Å². The molecule has 2 heteroatoms. The molecule has 2 aromatic carbocycles. The predicted octanol–water partition coefficient (Wildman–Crippen LogP) is 5.22. The molecule has 2 aromatic rings. The number of hydrogen-bond donors (Lipinski definition) is 0. The van der Waals surface area contributed by atoms with Gasteiger partial charge < -0.3 is 4.74 Å². The Balaban J connectivity index is 1.74. The highest BCUT2D eigenvalue weighted by molar-refractivity contribution is 5.83. The highest BCUT2D eigenvalue weighted by atomic mass is 16.5. The van der Waals surface area contributed by atoms with E-state index in [1.807, 2.05) is 0 Å². The summed E-state index contributed by atoms with van der Waals surface area (Å²) in [6.45, 7) is 4.62. The monoisotopic (exact) mass is 297 g/mol. The van der Waals surface area contributed by atoms with E-state index >= 15 is 0 Å². The van der Waals surface area contributed by atoms with E-state index in [1.54, 1.807) is 0 Å². The van der Waals surface area contributed by atoms with E-state index in [1.165, 1.54) is 56.0 Å². The van der Waals surface area contributed by atoms with Gasteiger partial charge in [0.15, 0.2) is 6.23 Å². The van der Waals surface area contributed by atoms with Crippen molar-refractivity contribution in [2.24, 2.45) is 0 Å². The summed E-state index contributed by atoms with van der Waals surface area (Å²) in [5.41, 5.74) is 0. The molecule has 1 aliphatic heterocycles. The molecule has 22 heavy (non-hydrogen) atoms. The van der Waals surface area contributed by atoms with Gasteiger partial charge in [0.25, 0.3) is 0 Å². The second-order valence-corrected chi connectivity index (χ2v) is 6.32. The normalized spacial score (nSPS) is 17.5. The maximum Gasteiger partial charge on any atom is 0.152 e. The molecule has 1 aliphatic rings. The van der Waals surface area contributed by atoms with E-state index in [2.05, 4.69) is 54.3 Å². The Morgan fingerprint density at radius 3 is 2.55 bits per heavy atom.